The second-order valence-corrected chi connectivity index (χ2v) is 9.49. The van der Waals surface area contributed by atoms with E-state index in [1.165, 1.54) is 24.3 Å². The van der Waals surface area contributed by atoms with E-state index in [4.69, 9.17) is 9.47 Å². The Hall–Kier alpha value is -2.75. The lowest BCUT2D eigenvalue weighted by atomic mass is 10.2. The van der Waals surface area contributed by atoms with Crippen molar-refractivity contribution in [3.8, 4) is 0 Å². The van der Waals surface area contributed by atoms with Crippen molar-refractivity contribution in [3.63, 3.8) is 0 Å². The van der Waals surface area contributed by atoms with Crippen LogP contribution < -0.4 is 10.6 Å². The van der Waals surface area contributed by atoms with Crippen molar-refractivity contribution >= 4 is 33.0 Å². The van der Waals surface area contributed by atoms with E-state index in [2.05, 4.69) is 10.6 Å². The molecule has 8 nitrogen and oxygen atoms in total. The van der Waals surface area contributed by atoms with E-state index in [1.54, 1.807) is 24.3 Å². The number of rotatable bonds is 6. The molecule has 0 saturated carbocycles. The highest BCUT2D eigenvalue weighted by molar-refractivity contribution is 7.91. The van der Waals surface area contributed by atoms with Crippen molar-refractivity contribution in [2.45, 2.75) is 47.7 Å². The van der Waals surface area contributed by atoms with Crippen LogP contribution in [0.1, 0.15) is 25.7 Å². The molecule has 2 N–H and O–H groups in total. The van der Waals surface area contributed by atoms with Crippen LogP contribution in [-0.2, 0) is 28.9 Å². The van der Waals surface area contributed by atoms with Crippen LogP contribution in [0.2, 0.25) is 0 Å². The SMILES string of the molecule is O=C(Nc1cccc(S(=O)(=O)c2cccc(NC(=O)[C@@H]3CCCO3)c2)c1)[C@@H]1CCCO1. The van der Waals surface area contributed by atoms with Crippen LogP contribution >= 0.6 is 0 Å². The predicted molar refractivity (Wildman–Crippen MR) is 114 cm³/mol. The summed E-state index contributed by atoms with van der Waals surface area (Å²) in [6.07, 6.45) is 1.93. The molecule has 0 unspecified atom stereocenters. The molecule has 0 spiro atoms. The number of amides is 2. The number of carbonyl (C=O) groups excluding carboxylic acids is 2. The van der Waals surface area contributed by atoms with Gasteiger partial charge in [-0.2, -0.15) is 0 Å². The van der Waals surface area contributed by atoms with E-state index in [0.717, 1.165) is 12.8 Å². The molecule has 0 bridgehead atoms. The minimum absolute atomic E-state index is 0.0419. The Balaban J connectivity index is 1.51. The zero-order valence-electron chi connectivity index (χ0n) is 16.9. The van der Waals surface area contributed by atoms with E-state index in [1.807, 2.05) is 0 Å². The predicted octanol–water partition coefficient (Wildman–Crippen LogP) is 2.75. The molecule has 9 heteroatoms. The summed E-state index contributed by atoms with van der Waals surface area (Å²) in [4.78, 5) is 24.6. The van der Waals surface area contributed by atoms with Crippen molar-refractivity contribution in [1.29, 1.82) is 0 Å². The van der Waals surface area contributed by atoms with E-state index < -0.39 is 22.0 Å². The zero-order valence-corrected chi connectivity index (χ0v) is 17.7. The highest BCUT2D eigenvalue weighted by Gasteiger charge is 2.26. The fourth-order valence-electron chi connectivity index (χ4n) is 3.63. The van der Waals surface area contributed by atoms with Gasteiger partial charge in [-0.05, 0) is 62.1 Å². The van der Waals surface area contributed by atoms with Gasteiger partial charge in [-0.3, -0.25) is 9.59 Å². The maximum Gasteiger partial charge on any atom is 0.253 e. The summed E-state index contributed by atoms with van der Waals surface area (Å²) in [5.74, 6) is -0.572. The Morgan fingerprint density at radius 3 is 1.61 bits per heavy atom. The largest absolute Gasteiger partial charge is 0.368 e. The monoisotopic (exact) mass is 444 g/mol. The van der Waals surface area contributed by atoms with E-state index in [-0.39, 0.29) is 21.6 Å². The number of benzene rings is 2. The minimum Gasteiger partial charge on any atom is -0.368 e. The van der Waals surface area contributed by atoms with Crippen LogP contribution in [0.3, 0.4) is 0 Å². The normalized spacial score (nSPS) is 21.0. The van der Waals surface area contributed by atoms with Gasteiger partial charge in [0.25, 0.3) is 11.8 Å². The van der Waals surface area contributed by atoms with Gasteiger partial charge in [0, 0.05) is 24.6 Å². The van der Waals surface area contributed by atoms with Crippen LogP contribution in [0.5, 0.6) is 0 Å². The molecule has 2 aliphatic rings. The summed E-state index contributed by atoms with van der Waals surface area (Å²) in [7, 11) is -3.86. The Morgan fingerprint density at radius 2 is 1.23 bits per heavy atom. The summed E-state index contributed by atoms with van der Waals surface area (Å²) >= 11 is 0. The third kappa shape index (κ3) is 4.95. The van der Waals surface area contributed by atoms with Gasteiger partial charge >= 0.3 is 0 Å². The molecule has 0 radical (unpaired) electrons. The number of hydrogen-bond donors (Lipinski definition) is 2. The number of sulfone groups is 1. The Bertz CT molecular complexity index is 993. The van der Waals surface area contributed by atoms with Crippen molar-refractivity contribution in [2.75, 3.05) is 23.8 Å². The second-order valence-electron chi connectivity index (χ2n) is 7.54. The van der Waals surface area contributed by atoms with Gasteiger partial charge < -0.3 is 20.1 Å². The quantitative estimate of drug-likeness (QED) is 0.709. The van der Waals surface area contributed by atoms with Crippen molar-refractivity contribution < 1.29 is 27.5 Å². The number of carbonyl (C=O) groups is 2. The molecule has 2 fully saturated rings. The van der Waals surface area contributed by atoms with Gasteiger partial charge in [-0.25, -0.2) is 8.42 Å². The second kappa shape index (κ2) is 9.17. The summed E-state index contributed by atoms with van der Waals surface area (Å²) < 4.78 is 37.0. The molecule has 2 aliphatic heterocycles. The Labute approximate surface area is 180 Å². The van der Waals surface area contributed by atoms with Crippen LogP contribution in [-0.4, -0.2) is 45.7 Å². The Morgan fingerprint density at radius 1 is 0.774 bits per heavy atom. The molecule has 0 aromatic heterocycles. The third-order valence-corrected chi connectivity index (χ3v) is 7.02. The lowest BCUT2D eigenvalue weighted by Gasteiger charge is -2.13. The van der Waals surface area contributed by atoms with Crippen LogP contribution in [0.25, 0.3) is 0 Å². The molecule has 2 amide bonds. The van der Waals surface area contributed by atoms with Crippen molar-refractivity contribution in [2.24, 2.45) is 0 Å². The molecule has 31 heavy (non-hydrogen) atoms. The fraction of sp³-hybridized carbons (Fsp3) is 0.364. The molecular formula is C22H24N2O6S. The molecular weight excluding hydrogens is 420 g/mol. The molecule has 2 atom stereocenters. The zero-order chi connectivity index (χ0) is 21.8. The number of hydrogen-bond acceptors (Lipinski definition) is 6. The summed E-state index contributed by atoms with van der Waals surface area (Å²) in [6.45, 7) is 1.10. The van der Waals surface area contributed by atoms with E-state index >= 15 is 0 Å². The van der Waals surface area contributed by atoms with Gasteiger partial charge in [-0.15, -0.1) is 0 Å². The highest BCUT2D eigenvalue weighted by Crippen LogP contribution is 2.26. The summed E-state index contributed by atoms with van der Waals surface area (Å²) in [6, 6.07) is 12.2. The average Bonchev–Trinajstić information content (AvgIpc) is 3.48. The molecule has 2 heterocycles. The van der Waals surface area contributed by atoms with E-state index in [0.29, 0.717) is 37.4 Å². The van der Waals surface area contributed by atoms with E-state index in [9.17, 15) is 18.0 Å². The first-order valence-electron chi connectivity index (χ1n) is 10.2. The lowest BCUT2D eigenvalue weighted by Crippen LogP contribution is -2.27. The van der Waals surface area contributed by atoms with Crippen molar-refractivity contribution in [1.82, 2.24) is 0 Å². The number of anilines is 2. The lowest BCUT2D eigenvalue weighted by molar-refractivity contribution is -0.125. The van der Waals surface area contributed by atoms with Crippen LogP contribution in [0.15, 0.2) is 58.3 Å². The maximum absolute atomic E-state index is 13.1. The molecule has 164 valence electrons. The van der Waals surface area contributed by atoms with Crippen molar-refractivity contribution in [3.05, 3.63) is 48.5 Å². The minimum atomic E-state index is -3.86. The van der Waals surface area contributed by atoms with Gasteiger partial charge in [0.05, 0.1) is 9.79 Å². The molecule has 2 aromatic rings. The molecule has 2 saturated heterocycles. The van der Waals surface area contributed by atoms with Gasteiger partial charge in [0.2, 0.25) is 9.84 Å². The third-order valence-electron chi connectivity index (χ3n) is 5.27. The fourth-order valence-corrected chi connectivity index (χ4v) is 4.98. The Kier molecular flexibility index (Phi) is 6.35. The first-order chi connectivity index (χ1) is 14.9. The average molecular weight is 445 g/mol. The molecule has 4 rings (SSSR count). The van der Waals surface area contributed by atoms with Gasteiger partial charge in [0.15, 0.2) is 0 Å². The summed E-state index contributed by atoms with van der Waals surface area (Å²) in [5.41, 5.74) is 0.758. The first kappa shape index (κ1) is 21.5. The van der Waals surface area contributed by atoms with Crippen LogP contribution in [0.4, 0.5) is 11.4 Å². The maximum atomic E-state index is 13.1. The van der Waals surface area contributed by atoms with Gasteiger partial charge in [-0.1, -0.05) is 12.1 Å². The van der Waals surface area contributed by atoms with Gasteiger partial charge in [0.1, 0.15) is 12.2 Å². The number of nitrogens with one attached hydrogen (secondary N) is 2. The smallest absolute Gasteiger partial charge is 0.253 e. The standard InChI is InChI=1S/C22H24N2O6S/c25-21(19-9-3-11-29-19)23-15-5-1-7-17(13-15)31(27,28)18-8-2-6-16(14-18)24-22(26)20-10-4-12-30-20/h1-2,5-8,13-14,19-20H,3-4,9-12H2,(H,23,25)(H,24,26)/t19-,20-/m0/s1. The molecule has 2 aromatic carbocycles. The highest BCUT2D eigenvalue weighted by atomic mass is 32.2. The molecule has 0 aliphatic carbocycles. The topological polar surface area (TPSA) is 111 Å². The number of ether oxygens (including phenoxy) is 2. The summed E-state index contributed by atoms with van der Waals surface area (Å²) in [5, 5.41) is 5.43. The first-order valence-corrected chi connectivity index (χ1v) is 11.7. The van der Waals surface area contributed by atoms with Crippen LogP contribution in [0, 0.1) is 0 Å².